The minimum atomic E-state index is -0.528. The van der Waals surface area contributed by atoms with Crippen molar-refractivity contribution in [1.29, 1.82) is 0 Å². The summed E-state index contributed by atoms with van der Waals surface area (Å²) in [6, 6.07) is 2.08. The number of esters is 2. The minimum Gasteiger partial charge on any atom is -0.465 e. The molecule has 1 fully saturated rings. The molecule has 8 heteroatoms. The van der Waals surface area contributed by atoms with E-state index in [1.54, 1.807) is 10.9 Å². The molecule has 4 rings (SSSR count). The van der Waals surface area contributed by atoms with Crippen molar-refractivity contribution in [3.05, 3.63) is 53.2 Å². The molecule has 0 amide bonds. The van der Waals surface area contributed by atoms with Gasteiger partial charge in [-0.1, -0.05) is 0 Å². The van der Waals surface area contributed by atoms with Gasteiger partial charge in [0.1, 0.15) is 11.2 Å². The Hall–Kier alpha value is -3.16. The van der Waals surface area contributed by atoms with E-state index in [9.17, 15) is 9.59 Å². The van der Waals surface area contributed by atoms with Crippen molar-refractivity contribution in [2.75, 3.05) is 7.11 Å². The van der Waals surface area contributed by atoms with Crippen LogP contribution in [0, 0.1) is 0 Å². The van der Waals surface area contributed by atoms with Crippen LogP contribution in [0.2, 0.25) is 0 Å². The molecule has 8 nitrogen and oxygen atoms in total. The lowest BCUT2D eigenvalue weighted by Gasteiger charge is -2.19. The van der Waals surface area contributed by atoms with Crippen molar-refractivity contribution in [3.63, 3.8) is 0 Å². The average molecular weight is 410 g/mol. The zero-order valence-electron chi connectivity index (χ0n) is 17.7. The average Bonchev–Trinajstić information content (AvgIpc) is 3.27. The Labute approximate surface area is 174 Å². The van der Waals surface area contributed by atoms with Gasteiger partial charge < -0.3 is 13.9 Å². The number of carbonyl (C=O) groups is 2. The smallest absolute Gasteiger partial charge is 0.341 e. The van der Waals surface area contributed by atoms with Gasteiger partial charge in [0.05, 0.1) is 37.5 Å². The summed E-state index contributed by atoms with van der Waals surface area (Å²) >= 11 is 0. The van der Waals surface area contributed by atoms with Gasteiger partial charge >= 0.3 is 11.9 Å². The molecule has 1 aliphatic rings. The maximum atomic E-state index is 12.4. The lowest BCUT2D eigenvalue weighted by atomic mass is 10.1. The first-order chi connectivity index (χ1) is 14.2. The molecule has 0 spiro atoms. The number of nitrogens with zero attached hydrogens (tertiary/aromatic N) is 4. The van der Waals surface area contributed by atoms with E-state index in [-0.39, 0.29) is 12.4 Å². The van der Waals surface area contributed by atoms with Gasteiger partial charge in [0.2, 0.25) is 0 Å². The molecule has 0 atom stereocenters. The molecule has 3 aromatic rings. The van der Waals surface area contributed by atoms with E-state index < -0.39 is 11.6 Å². The predicted octanol–water partition coefficient (Wildman–Crippen LogP) is 3.13. The second-order valence-electron chi connectivity index (χ2n) is 8.72. The normalized spacial score (nSPS) is 14.1. The standard InChI is InChI=1S/C22H26N4O4/c1-22(2,3)30-19(27)8-15-7-16(14-5-6-14)10-25-12-18(24-20(15)25)13-26-11-17(9-23-26)21(28)29-4/h7,9-12,14H,5-6,8,13H2,1-4H3. The Bertz CT molecular complexity index is 1100. The number of aromatic nitrogens is 4. The van der Waals surface area contributed by atoms with Crippen molar-refractivity contribution in [3.8, 4) is 0 Å². The van der Waals surface area contributed by atoms with Crippen molar-refractivity contribution in [2.24, 2.45) is 0 Å². The Kier molecular flexibility index (Phi) is 5.09. The number of rotatable bonds is 6. The predicted molar refractivity (Wildman–Crippen MR) is 109 cm³/mol. The molecule has 0 saturated heterocycles. The van der Waals surface area contributed by atoms with Crippen LogP contribution in [-0.4, -0.2) is 43.8 Å². The molecule has 0 N–H and O–H groups in total. The summed E-state index contributed by atoms with van der Waals surface area (Å²) < 4.78 is 13.9. The van der Waals surface area contributed by atoms with Gasteiger partial charge in [0.25, 0.3) is 0 Å². The number of imidazole rings is 1. The number of hydrogen-bond acceptors (Lipinski definition) is 6. The van der Waals surface area contributed by atoms with Crippen LogP contribution in [0.5, 0.6) is 0 Å². The van der Waals surface area contributed by atoms with Crippen LogP contribution in [0.3, 0.4) is 0 Å². The quantitative estimate of drug-likeness (QED) is 0.580. The Morgan fingerprint density at radius 2 is 1.97 bits per heavy atom. The van der Waals surface area contributed by atoms with E-state index in [0.29, 0.717) is 18.0 Å². The molecule has 0 radical (unpaired) electrons. The van der Waals surface area contributed by atoms with Gasteiger partial charge in [0.15, 0.2) is 0 Å². The second-order valence-corrected chi connectivity index (χ2v) is 8.72. The molecular weight excluding hydrogens is 384 g/mol. The highest BCUT2D eigenvalue weighted by Gasteiger charge is 2.26. The molecule has 0 aliphatic heterocycles. The molecule has 30 heavy (non-hydrogen) atoms. The van der Waals surface area contributed by atoms with Gasteiger partial charge in [-0.25, -0.2) is 9.78 Å². The Morgan fingerprint density at radius 1 is 1.20 bits per heavy atom. The maximum Gasteiger partial charge on any atom is 0.341 e. The monoisotopic (exact) mass is 410 g/mol. The first-order valence-corrected chi connectivity index (χ1v) is 10.0. The number of methoxy groups -OCH3 is 1. The summed E-state index contributed by atoms with van der Waals surface area (Å²) in [6.07, 6.45) is 9.65. The number of carbonyl (C=O) groups excluding carboxylic acids is 2. The van der Waals surface area contributed by atoms with E-state index in [2.05, 4.69) is 17.4 Å². The molecule has 1 aliphatic carbocycles. The first kappa shape index (κ1) is 20.1. The van der Waals surface area contributed by atoms with Crippen LogP contribution >= 0.6 is 0 Å². The Balaban J connectivity index is 1.62. The SMILES string of the molecule is COC(=O)c1cnn(Cc2cn3cc(C4CC4)cc(CC(=O)OC(C)(C)C)c3n2)c1. The van der Waals surface area contributed by atoms with Crippen LogP contribution < -0.4 is 0 Å². The molecule has 0 unspecified atom stereocenters. The summed E-state index contributed by atoms with van der Waals surface area (Å²) in [5.41, 5.74) is 3.46. The summed E-state index contributed by atoms with van der Waals surface area (Å²) in [7, 11) is 1.34. The van der Waals surface area contributed by atoms with Gasteiger partial charge in [-0.2, -0.15) is 5.10 Å². The third-order valence-electron chi connectivity index (χ3n) is 4.88. The van der Waals surface area contributed by atoms with Gasteiger partial charge in [0, 0.05) is 24.2 Å². The fraction of sp³-hybridized carbons (Fsp3) is 0.455. The summed E-state index contributed by atoms with van der Waals surface area (Å²) in [6.45, 7) is 5.99. The number of fused-ring (bicyclic) bond motifs is 1. The molecular formula is C22H26N4O4. The van der Waals surface area contributed by atoms with Gasteiger partial charge in [-0.05, 0) is 51.2 Å². The van der Waals surface area contributed by atoms with Crippen molar-refractivity contribution in [1.82, 2.24) is 19.2 Å². The van der Waals surface area contributed by atoms with Crippen LogP contribution in [0.1, 0.15) is 66.7 Å². The van der Waals surface area contributed by atoms with E-state index in [0.717, 1.165) is 16.9 Å². The fourth-order valence-electron chi connectivity index (χ4n) is 3.46. The minimum absolute atomic E-state index is 0.173. The number of pyridine rings is 1. The molecule has 0 bridgehead atoms. The van der Waals surface area contributed by atoms with Crippen LogP contribution in [0.25, 0.3) is 5.65 Å². The van der Waals surface area contributed by atoms with Crippen molar-refractivity contribution < 1.29 is 19.1 Å². The van der Waals surface area contributed by atoms with Gasteiger partial charge in [-0.3, -0.25) is 9.48 Å². The van der Waals surface area contributed by atoms with Crippen molar-refractivity contribution in [2.45, 2.75) is 58.1 Å². The number of ether oxygens (including phenoxy) is 2. The largest absolute Gasteiger partial charge is 0.465 e. The molecule has 0 aromatic carbocycles. The number of hydrogen-bond donors (Lipinski definition) is 0. The molecule has 158 valence electrons. The molecule has 1 saturated carbocycles. The highest BCUT2D eigenvalue weighted by atomic mass is 16.6. The topological polar surface area (TPSA) is 87.7 Å². The van der Waals surface area contributed by atoms with E-state index in [1.165, 1.54) is 31.7 Å². The highest BCUT2D eigenvalue weighted by Crippen LogP contribution is 2.40. The van der Waals surface area contributed by atoms with Crippen LogP contribution in [-0.2, 0) is 27.2 Å². The zero-order chi connectivity index (χ0) is 21.5. The highest BCUT2D eigenvalue weighted by molar-refractivity contribution is 5.88. The van der Waals surface area contributed by atoms with Crippen LogP contribution in [0.4, 0.5) is 0 Å². The second kappa shape index (κ2) is 7.59. The lowest BCUT2D eigenvalue weighted by Crippen LogP contribution is -2.25. The Morgan fingerprint density at radius 3 is 2.63 bits per heavy atom. The van der Waals surface area contributed by atoms with Gasteiger partial charge in [-0.15, -0.1) is 0 Å². The van der Waals surface area contributed by atoms with Crippen LogP contribution in [0.15, 0.2) is 30.9 Å². The van der Waals surface area contributed by atoms with E-state index in [1.807, 2.05) is 31.4 Å². The van der Waals surface area contributed by atoms with E-state index >= 15 is 0 Å². The molecule has 3 aromatic heterocycles. The zero-order valence-corrected chi connectivity index (χ0v) is 17.7. The third-order valence-corrected chi connectivity index (χ3v) is 4.88. The molecule has 3 heterocycles. The third kappa shape index (κ3) is 4.53. The summed E-state index contributed by atoms with van der Waals surface area (Å²) in [5.74, 6) is -0.145. The summed E-state index contributed by atoms with van der Waals surface area (Å²) in [5, 5.41) is 4.21. The van der Waals surface area contributed by atoms with E-state index in [4.69, 9.17) is 14.5 Å². The van der Waals surface area contributed by atoms with Crippen molar-refractivity contribution >= 4 is 17.6 Å². The summed E-state index contributed by atoms with van der Waals surface area (Å²) in [4.78, 5) is 28.8. The fourth-order valence-corrected chi connectivity index (χ4v) is 3.46. The lowest BCUT2D eigenvalue weighted by molar-refractivity contribution is -0.153. The first-order valence-electron chi connectivity index (χ1n) is 10.0. The maximum absolute atomic E-state index is 12.4.